The third kappa shape index (κ3) is 3.52. The Kier molecular flexibility index (Phi) is 4.17. The second-order valence-electron chi connectivity index (χ2n) is 5.47. The molecule has 104 valence electrons. The predicted octanol–water partition coefficient (Wildman–Crippen LogP) is 1.09. The van der Waals surface area contributed by atoms with Gasteiger partial charge in [0.1, 0.15) is 5.82 Å². The molecule has 0 bridgehead atoms. The van der Waals surface area contributed by atoms with Gasteiger partial charge in [0.05, 0.1) is 0 Å². The molecule has 2 rings (SSSR count). The molecule has 19 heavy (non-hydrogen) atoms. The van der Waals surface area contributed by atoms with Crippen LogP contribution in [0.25, 0.3) is 0 Å². The quantitative estimate of drug-likeness (QED) is 0.859. The summed E-state index contributed by atoms with van der Waals surface area (Å²) in [5.74, 6) is -0.473. The maximum absolute atomic E-state index is 13.9. The number of carbonyl (C=O) groups is 1. The molecule has 0 radical (unpaired) electrons. The van der Waals surface area contributed by atoms with E-state index >= 15 is 0 Å². The molecule has 0 aromatic heterocycles. The van der Waals surface area contributed by atoms with Gasteiger partial charge in [0.2, 0.25) is 5.91 Å². The van der Waals surface area contributed by atoms with E-state index in [0.29, 0.717) is 18.0 Å². The molecule has 0 saturated carbocycles. The maximum Gasteiger partial charge on any atom is 0.248 e. The van der Waals surface area contributed by atoms with E-state index in [-0.39, 0.29) is 17.4 Å². The van der Waals surface area contributed by atoms with Crippen LogP contribution < -0.4 is 11.5 Å². The summed E-state index contributed by atoms with van der Waals surface area (Å²) in [6.45, 7) is 4.37. The fourth-order valence-electron chi connectivity index (χ4n) is 2.71. The van der Waals surface area contributed by atoms with Crippen molar-refractivity contribution in [1.82, 2.24) is 4.90 Å². The Balaban J connectivity index is 2.08. The summed E-state index contributed by atoms with van der Waals surface area (Å²) < 4.78 is 13.9. The van der Waals surface area contributed by atoms with Gasteiger partial charge in [-0.1, -0.05) is 13.0 Å². The number of carbonyl (C=O) groups excluding carboxylic acids is 1. The van der Waals surface area contributed by atoms with Crippen molar-refractivity contribution in [3.8, 4) is 0 Å². The molecule has 1 fully saturated rings. The number of amides is 1. The van der Waals surface area contributed by atoms with Crippen LogP contribution in [0.3, 0.4) is 0 Å². The monoisotopic (exact) mass is 265 g/mol. The minimum Gasteiger partial charge on any atom is -0.366 e. The first-order chi connectivity index (χ1) is 8.95. The molecule has 2 unspecified atom stereocenters. The number of likely N-dealkylation sites (tertiary alicyclic amines) is 1. The van der Waals surface area contributed by atoms with Gasteiger partial charge in [-0.25, -0.2) is 4.39 Å². The van der Waals surface area contributed by atoms with Crippen molar-refractivity contribution in [2.75, 3.05) is 13.1 Å². The molecular weight excluding hydrogens is 245 g/mol. The van der Waals surface area contributed by atoms with Gasteiger partial charge in [0, 0.05) is 36.8 Å². The SMILES string of the molecule is CC1CC(N)CN(Cc2ccc(C(N)=O)cc2F)C1. The number of piperidine rings is 1. The number of rotatable bonds is 3. The largest absolute Gasteiger partial charge is 0.366 e. The summed E-state index contributed by atoms with van der Waals surface area (Å²) in [5.41, 5.74) is 11.9. The zero-order chi connectivity index (χ0) is 14.0. The Morgan fingerprint density at radius 2 is 2.21 bits per heavy atom. The Labute approximate surface area is 112 Å². The second-order valence-corrected chi connectivity index (χ2v) is 5.47. The first kappa shape index (κ1) is 14.0. The molecule has 1 aliphatic rings. The minimum atomic E-state index is -0.612. The lowest BCUT2D eigenvalue weighted by Crippen LogP contribution is -2.45. The fourth-order valence-corrected chi connectivity index (χ4v) is 2.71. The van der Waals surface area contributed by atoms with Crippen molar-refractivity contribution in [3.63, 3.8) is 0 Å². The van der Waals surface area contributed by atoms with E-state index < -0.39 is 5.91 Å². The summed E-state index contributed by atoms with van der Waals surface area (Å²) >= 11 is 0. The highest BCUT2D eigenvalue weighted by molar-refractivity contribution is 5.92. The van der Waals surface area contributed by atoms with Crippen LogP contribution >= 0.6 is 0 Å². The van der Waals surface area contributed by atoms with E-state index in [0.717, 1.165) is 19.5 Å². The standard InChI is InChI=1S/C14H20FN3O/c1-9-4-12(16)8-18(6-9)7-11-3-2-10(14(17)19)5-13(11)15/h2-3,5,9,12H,4,6-8,16H2,1H3,(H2,17,19). The summed E-state index contributed by atoms with van der Waals surface area (Å²) in [6, 6.07) is 4.54. The number of halogens is 1. The van der Waals surface area contributed by atoms with Crippen molar-refractivity contribution >= 4 is 5.91 Å². The summed E-state index contributed by atoms with van der Waals surface area (Å²) in [6.07, 6.45) is 1.01. The van der Waals surface area contributed by atoms with Crippen molar-refractivity contribution < 1.29 is 9.18 Å². The molecule has 1 aromatic rings. The molecule has 5 heteroatoms. The van der Waals surface area contributed by atoms with Gasteiger partial charge in [-0.05, 0) is 24.5 Å². The normalized spacial score (nSPS) is 24.4. The van der Waals surface area contributed by atoms with E-state index in [2.05, 4.69) is 11.8 Å². The Morgan fingerprint density at radius 3 is 2.79 bits per heavy atom. The summed E-state index contributed by atoms with van der Waals surface area (Å²) in [5, 5.41) is 0. The van der Waals surface area contributed by atoms with Gasteiger partial charge in [-0.3, -0.25) is 9.69 Å². The molecule has 4 N–H and O–H groups in total. The molecule has 0 aliphatic carbocycles. The Morgan fingerprint density at radius 1 is 1.47 bits per heavy atom. The van der Waals surface area contributed by atoms with Gasteiger partial charge in [0.25, 0.3) is 0 Å². The first-order valence-corrected chi connectivity index (χ1v) is 6.52. The molecule has 1 aromatic carbocycles. The molecular formula is C14H20FN3O. The van der Waals surface area contributed by atoms with Crippen LogP contribution in [0.5, 0.6) is 0 Å². The van der Waals surface area contributed by atoms with E-state index in [1.165, 1.54) is 6.07 Å². The van der Waals surface area contributed by atoms with Gasteiger partial charge >= 0.3 is 0 Å². The van der Waals surface area contributed by atoms with Crippen molar-refractivity contribution in [1.29, 1.82) is 0 Å². The zero-order valence-corrected chi connectivity index (χ0v) is 11.1. The Bertz CT molecular complexity index is 468. The summed E-state index contributed by atoms with van der Waals surface area (Å²) in [4.78, 5) is 13.1. The Hall–Kier alpha value is -1.46. The maximum atomic E-state index is 13.9. The lowest BCUT2D eigenvalue weighted by molar-refractivity contribution is 0.1000. The zero-order valence-electron chi connectivity index (χ0n) is 11.1. The number of hydrogen-bond donors (Lipinski definition) is 2. The van der Waals surface area contributed by atoms with Crippen LogP contribution in [0, 0.1) is 11.7 Å². The number of nitrogens with zero attached hydrogens (tertiary/aromatic N) is 1. The minimum absolute atomic E-state index is 0.150. The average Bonchev–Trinajstić information content (AvgIpc) is 2.30. The lowest BCUT2D eigenvalue weighted by Gasteiger charge is -2.34. The van der Waals surface area contributed by atoms with Gasteiger partial charge in [-0.15, -0.1) is 0 Å². The highest BCUT2D eigenvalue weighted by atomic mass is 19.1. The smallest absolute Gasteiger partial charge is 0.248 e. The summed E-state index contributed by atoms with van der Waals surface area (Å²) in [7, 11) is 0. The van der Waals surface area contributed by atoms with Crippen molar-refractivity contribution in [2.24, 2.45) is 17.4 Å². The molecule has 4 nitrogen and oxygen atoms in total. The van der Waals surface area contributed by atoms with E-state index in [1.54, 1.807) is 12.1 Å². The van der Waals surface area contributed by atoms with E-state index in [9.17, 15) is 9.18 Å². The highest BCUT2D eigenvalue weighted by Crippen LogP contribution is 2.19. The number of primary amides is 1. The third-order valence-electron chi connectivity index (χ3n) is 3.50. The van der Waals surface area contributed by atoms with Crippen LogP contribution in [-0.2, 0) is 6.54 Å². The molecule has 1 heterocycles. The van der Waals surface area contributed by atoms with Crippen LogP contribution in [0.15, 0.2) is 18.2 Å². The van der Waals surface area contributed by atoms with Crippen molar-refractivity contribution in [2.45, 2.75) is 25.9 Å². The van der Waals surface area contributed by atoms with Gasteiger partial charge < -0.3 is 11.5 Å². The lowest BCUT2D eigenvalue weighted by atomic mass is 9.96. The van der Waals surface area contributed by atoms with Gasteiger partial charge in [0.15, 0.2) is 0 Å². The van der Waals surface area contributed by atoms with Crippen molar-refractivity contribution in [3.05, 3.63) is 35.1 Å². The average molecular weight is 265 g/mol. The predicted molar refractivity (Wildman–Crippen MR) is 72.0 cm³/mol. The number of benzene rings is 1. The molecule has 0 spiro atoms. The van der Waals surface area contributed by atoms with Gasteiger partial charge in [-0.2, -0.15) is 0 Å². The second kappa shape index (κ2) is 5.67. The molecule has 2 atom stereocenters. The molecule has 1 saturated heterocycles. The van der Waals surface area contributed by atoms with E-state index in [4.69, 9.17) is 11.5 Å². The van der Waals surface area contributed by atoms with E-state index in [1.807, 2.05) is 0 Å². The molecule has 1 amide bonds. The van der Waals surface area contributed by atoms with Crippen LogP contribution in [0.4, 0.5) is 4.39 Å². The van der Waals surface area contributed by atoms with Crippen LogP contribution in [0.2, 0.25) is 0 Å². The number of nitrogens with two attached hydrogens (primary N) is 2. The highest BCUT2D eigenvalue weighted by Gasteiger charge is 2.22. The number of hydrogen-bond acceptors (Lipinski definition) is 3. The van der Waals surface area contributed by atoms with Crippen LogP contribution in [-0.4, -0.2) is 29.9 Å². The fraction of sp³-hybridized carbons (Fsp3) is 0.500. The van der Waals surface area contributed by atoms with Crippen LogP contribution in [0.1, 0.15) is 29.3 Å². The third-order valence-corrected chi connectivity index (χ3v) is 3.50. The topological polar surface area (TPSA) is 72.3 Å². The molecule has 1 aliphatic heterocycles. The first-order valence-electron chi connectivity index (χ1n) is 6.52.